The summed E-state index contributed by atoms with van der Waals surface area (Å²) in [6.45, 7) is 3.85. The lowest BCUT2D eigenvalue weighted by Crippen LogP contribution is -2.42. The van der Waals surface area contributed by atoms with Gasteiger partial charge in [-0.2, -0.15) is 0 Å². The highest BCUT2D eigenvalue weighted by molar-refractivity contribution is 8.13. The van der Waals surface area contributed by atoms with E-state index < -0.39 is 14.9 Å². The quantitative estimate of drug-likeness (QED) is 0.781. The van der Waals surface area contributed by atoms with E-state index in [9.17, 15) is 17.6 Å². The first-order valence-electron chi connectivity index (χ1n) is 6.77. The van der Waals surface area contributed by atoms with Crippen molar-refractivity contribution in [2.24, 2.45) is 0 Å². The molecule has 4 nitrogen and oxygen atoms in total. The van der Waals surface area contributed by atoms with Crippen molar-refractivity contribution >= 4 is 25.6 Å². The van der Waals surface area contributed by atoms with Crippen LogP contribution in [0.25, 0.3) is 0 Å². The zero-order valence-electron chi connectivity index (χ0n) is 11.9. The van der Waals surface area contributed by atoms with E-state index in [1.54, 1.807) is 4.90 Å². The molecule has 1 saturated heterocycles. The Morgan fingerprint density at radius 1 is 1.38 bits per heavy atom. The molecule has 1 heterocycles. The van der Waals surface area contributed by atoms with Crippen LogP contribution in [-0.2, 0) is 9.05 Å². The fraction of sp³-hybridized carbons (Fsp3) is 0.500. The van der Waals surface area contributed by atoms with Crippen LogP contribution in [0.5, 0.6) is 0 Å². The van der Waals surface area contributed by atoms with Crippen molar-refractivity contribution in [3.8, 4) is 0 Å². The third-order valence-electron chi connectivity index (χ3n) is 3.87. The van der Waals surface area contributed by atoms with E-state index in [0.717, 1.165) is 31.4 Å². The Hall–Kier alpha value is -1.14. The molecule has 0 saturated carbocycles. The minimum atomic E-state index is -4.09. The molecule has 1 aromatic carbocycles. The summed E-state index contributed by atoms with van der Waals surface area (Å²) >= 11 is 0. The monoisotopic (exact) mass is 333 g/mol. The van der Waals surface area contributed by atoms with Gasteiger partial charge in [0.15, 0.2) is 0 Å². The average molecular weight is 334 g/mol. The lowest BCUT2D eigenvalue weighted by atomic mass is 10.0. The lowest BCUT2D eigenvalue weighted by Gasteiger charge is -2.33. The number of carbonyl (C=O) groups excluding carboxylic acids is 1. The third-order valence-corrected chi connectivity index (χ3v) is 5.32. The number of hydrogen-bond acceptors (Lipinski definition) is 3. The summed E-state index contributed by atoms with van der Waals surface area (Å²) in [5, 5.41) is 0. The number of benzene rings is 1. The Kier molecular flexibility index (Phi) is 4.58. The van der Waals surface area contributed by atoms with E-state index in [0.29, 0.717) is 6.54 Å². The first kappa shape index (κ1) is 16.2. The molecule has 21 heavy (non-hydrogen) atoms. The van der Waals surface area contributed by atoms with Crippen molar-refractivity contribution in [3.63, 3.8) is 0 Å². The Morgan fingerprint density at radius 3 is 2.62 bits per heavy atom. The van der Waals surface area contributed by atoms with Crippen LogP contribution in [0.4, 0.5) is 4.39 Å². The van der Waals surface area contributed by atoms with Gasteiger partial charge in [0.2, 0.25) is 0 Å². The van der Waals surface area contributed by atoms with Gasteiger partial charge < -0.3 is 4.90 Å². The molecule has 0 spiro atoms. The molecule has 116 valence electrons. The van der Waals surface area contributed by atoms with Crippen molar-refractivity contribution in [1.82, 2.24) is 4.90 Å². The smallest absolute Gasteiger partial charge is 0.261 e. The summed E-state index contributed by atoms with van der Waals surface area (Å²) in [5.74, 6) is -1.10. The second kappa shape index (κ2) is 5.93. The average Bonchev–Trinajstić information content (AvgIpc) is 2.40. The first-order chi connectivity index (χ1) is 9.71. The van der Waals surface area contributed by atoms with Gasteiger partial charge in [0.25, 0.3) is 15.0 Å². The van der Waals surface area contributed by atoms with Crippen LogP contribution in [0, 0.1) is 12.7 Å². The van der Waals surface area contributed by atoms with E-state index in [4.69, 9.17) is 10.7 Å². The van der Waals surface area contributed by atoms with E-state index in [2.05, 4.69) is 0 Å². The van der Waals surface area contributed by atoms with Crippen molar-refractivity contribution < 1.29 is 17.6 Å². The van der Waals surface area contributed by atoms with Crippen molar-refractivity contribution in [1.29, 1.82) is 0 Å². The maximum atomic E-state index is 13.9. The molecular formula is C14H17ClFNO3S. The molecule has 2 rings (SSSR count). The molecule has 0 aliphatic carbocycles. The van der Waals surface area contributed by atoms with Crippen LogP contribution >= 0.6 is 10.7 Å². The molecule has 1 aliphatic heterocycles. The number of carbonyl (C=O) groups is 1. The van der Waals surface area contributed by atoms with Crippen molar-refractivity contribution in [2.75, 3.05) is 6.54 Å². The molecule has 7 heteroatoms. The standard InChI is InChI=1S/C14H17ClFNO3S/c1-9-5-3-4-6-17(9)14(18)11-7-12(16)10(2)13(8-11)21(15,19)20/h7-9H,3-6H2,1-2H3. The summed E-state index contributed by atoms with van der Waals surface area (Å²) in [4.78, 5) is 13.8. The van der Waals surface area contributed by atoms with Gasteiger partial charge in [-0.1, -0.05) is 0 Å². The van der Waals surface area contributed by atoms with Gasteiger partial charge in [-0.3, -0.25) is 4.79 Å². The molecular weight excluding hydrogens is 317 g/mol. The van der Waals surface area contributed by atoms with Crippen LogP contribution in [0.3, 0.4) is 0 Å². The number of piperidine rings is 1. The molecule has 0 N–H and O–H groups in total. The second-order valence-electron chi connectivity index (χ2n) is 5.36. The largest absolute Gasteiger partial charge is 0.336 e. The van der Waals surface area contributed by atoms with Crippen LogP contribution in [0.1, 0.15) is 42.1 Å². The van der Waals surface area contributed by atoms with E-state index in [-0.39, 0.29) is 28.0 Å². The van der Waals surface area contributed by atoms with Crippen molar-refractivity contribution in [3.05, 3.63) is 29.1 Å². The van der Waals surface area contributed by atoms with Gasteiger partial charge in [0.05, 0.1) is 4.90 Å². The zero-order valence-corrected chi connectivity index (χ0v) is 13.5. The second-order valence-corrected chi connectivity index (χ2v) is 7.90. The molecule has 0 aromatic heterocycles. The minimum absolute atomic E-state index is 0.0195. The highest BCUT2D eigenvalue weighted by Gasteiger charge is 2.27. The van der Waals surface area contributed by atoms with Crippen LogP contribution in [-0.4, -0.2) is 31.8 Å². The van der Waals surface area contributed by atoms with Gasteiger partial charge in [-0.25, -0.2) is 12.8 Å². The van der Waals surface area contributed by atoms with Gasteiger partial charge in [-0.15, -0.1) is 0 Å². The van der Waals surface area contributed by atoms with Gasteiger partial charge in [0.1, 0.15) is 5.82 Å². The predicted molar refractivity (Wildman–Crippen MR) is 78.5 cm³/mol. The summed E-state index contributed by atoms with van der Waals surface area (Å²) in [6, 6.07) is 2.29. The number of rotatable bonds is 2. The normalized spacial score (nSPS) is 19.6. The minimum Gasteiger partial charge on any atom is -0.336 e. The van der Waals surface area contributed by atoms with E-state index >= 15 is 0 Å². The van der Waals surface area contributed by atoms with Crippen LogP contribution < -0.4 is 0 Å². The summed E-state index contributed by atoms with van der Waals surface area (Å²) in [7, 11) is 1.21. The Balaban J connectivity index is 2.45. The number of nitrogens with zero attached hydrogens (tertiary/aromatic N) is 1. The number of amides is 1. The zero-order chi connectivity index (χ0) is 15.8. The summed E-state index contributed by atoms with van der Waals surface area (Å²) in [6.07, 6.45) is 2.83. The predicted octanol–water partition coefficient (Wildman–Crippen LogP) is 3.08. The molecule has 1 amide bonds. The maximum absolute atomic E-state index is 13.9. The molecule has 1 aliphatic rings. The fourth-order valence-corrected chi connectivity index (χ4v) is 3.81. The third kappa shape index (κ3) is 3.37. The molecule has 1 atom stereocenters. The fourth-order valence-electron chi connectivity index (χ4n) is 2.60. The Morgan fingerprint density at radius 2 is 2.05 bits per heavy atom. The summed E-state index contributed by atoms with van der Waals surface area (Å²) in [5.41, 5.74) is -0.0562. The molecule has 0 radical (unpaired) electrons. The van der Waals surface area contributed by atoms with Gasteiger partial charge in [0, 0.05) is 34.4 Å². The SMILES string of the molecule is Cc1c(F)cc(C(=O)N2CCCCC2C)cc1S(=O)(=O)Cl. The van der Waals surface area contributed by atoms with E-state index in [1.165, 1.54) is 6.92 Å². The van der Waals surface area contributed by atoms with Crippen LogP contribution in [0.15, 0.2) is 17.0 Å². The van der Waals surface area contributed by atoms with Crippen LogP contribution in [0.2, 0.25) is 0 Å². The summed E-state index contributed by atoms with van der Waals surface area (Å²) < 4.78 is 36.9. The molecule has 1 fully saturated rings. The molecule has 0 bridgehead atoms. The van der Waals surface area contributed by atoms with Gasteiger partial charge in [-0.05, 0) is 45.2 Å². The maximum Gasteiger partial charge on any atom is 0.261 e. The molecule has 1 aromatic rings. The topological polar surface area (TPSA) is 54.5 Å². The number of halogens is 2. The molecule has 1 unspecified atom stereocenters. The number of likely N-dealkylation sites (tertiary alicyclic amines) is 1. The number of hydrogen-bond donors (Lipinski definition) is 0. The highest BCUT2D eigenvalue weighted by Crippen LogP contribution is 2.26. The lowest BCUT2D eigenvalue weighted by molar-refractivity contribution is 0.0635. The Labute approximate surface area is 128 Å². The van der Waals surface area contributed by atoms with Crippen molar-refractivity contribution in [2.45, 2.75) is 44.0 Å². The Bertz CT molecular complexity index is 675. The van der Waals surface area contributed by atoms with Gasteiger partial charge >= 0.3 is 0 Å². The first-order valence-corrected chi connectivity index (χ1v) is 9.08. The highest BCUT2D eigenvalue weighted by atomic mass is 35.7. The van der Waals surface area contributed by atoms with E-state index in [1.807, 2.05) is 6.92 Å².